The van der Waals surface area contributed by atoms with Gasteiger partial charge in [0, 0.05) is 11.1 Å². The minimum Gasteiger partial charge on any atom is -0.363 e. The Hall–Kier alpha value is -3.01. The molecule has 2 N–H and O–H groups in total. The first kappa shape index (κ1) is 13.0. The van der Waals surface area contributed by atoms with Crippen LogP contribution in [0.3, 0.4) is 0 Å². The van der Waals surface area contributed by atoms with E-state index >= 15 is 0 Å². The van der Waals surface area contributed by atoms with E-state index in [1.165, 1.54) is 0 Å². The third-order valence-corrected chi connectivity index (χ3v) is 3.09. The second-order valence-corrected chi connectivity index (χ2v) is 4.56. The number of amides is 1. The number of carbonyl (C=O) groups excluding carboxylic acids is 1. The lowest BCUT2D eigenvalue weighted by atomic mass is 10.1. The molecule has 0 radical (unpaired) electrons. The third kappa shape index (κ3) is 2.79. The monoisotopic (exact) mass is 275 g/mol. The van der Waals surface area contributed by atoms with Gasteiger partial charge in [0.1, 0.15) is 0 Å². The zero-order valence-corrected chi connectivity index (χ0v) is 11.2. The molecule has 21 heavy (non-hydrogen) atoms. The largest absolute Gasteiger partial charge is 0.363 e. The van der Waals surface area contributed by atoms with Gasteiger partial charge < -0.3 is 5.73 Å². The van der Waals surface area contributed by atoms with E-state index in [0.717, 1.165) is 11.1 Å². The number of rotatable bonds is 3. The van der Waals surface area contributed by atoms with Crippen molar-refractivity contribution in [3.8, 4) is 22.5 Å². The Kier molecular flexibility index (Phi) is 3.43. The fourth-order valence-electron chi connectivity index (χ4n) is 2.07. The maximum absolute atomic E-state index is 11.5. The summed E-state index contributed by atoms with van der Waals surface area (Å²) >= 11 is 0. The van der Waals surface area contributed by atoms with Gasteiger partial charge in [-0.05, 0) is 6.07 Å². The third-order valence-electron chi connectivity index (χ3n) is 3.09. The molecule has 0 saturated heterocycles. The maximum atomic E-state index is 11.5. The van der Waals surface area contributed by atoms with E-state index in [4.69, 9.17) is 5.73 Å². The molecule has 1 amide bonds. The van der Waals surface area contributed by atoms with Crippen LogP contribution in [0.4, 0.5) is 0 Å². The number of hydrogen-bond donors (Lipinski definition) is 1. The summed E-state index contributed by atoms with van der Waals surface area (Å²) in [6.45, 7) is 0. The summed E-state index contributed by atoms with van der Waals surface area (Å²) in [6.07, 6.45) is 0. The number of primary amides is 1. The molecule has 1 heterocycles. The molecule has 4 heteroatoms. The van der Waals surface area contributed by atoms with E-state index in [2.05, 4.69) is 9.97 Å². The highest BCUT2D eigenvalue weighted by Gasteiger charge is 2.11. The standard InChI is InChI=1S/C17H13N3O/c18-16(21)17-19-14(12-7-3-1-4-8-12)11-15(20-17)13-9-5-2-6-10-13/h1-11H,(H2,18,21). The van der Waals surface area contributed by atoms with Crippen molar-refractivity contribution in [1.29, 1.82) is 0 Å². The first-order valence-corrected chi connectivity index (χ1v) is 6.54. The molecular formula is C17H13N3O. The van der Waals surface area contributed by atoms with Gasteiger partial charge in [-0.3, -0.25) is 4.79 Å². The van der Waals surface area contributed by atoms with Crippen molar-refractivity contribution in [2.24, 2.45) is 5.73 Å². The molecule has 0 spiro atoms. The van der Waals surface area contributed by atoms with Gasteiger partial charge >= 0.3 is 0 Å². The number of carbonyl (C=O) groups is 1. The minimum atomic E-state index is -0.634. The van der Waals surface area contributed by atoms with Crippen LogP contribution in [0.2, 0.25) is 0 Å². The molecule has 0 aliphatic heterocycles. The van der Waals surface area contributed by atoms with Gasteiger partial charge in [0.25, 0.3) is 5.91 Å². The van der Waals surface area contributed by atoms with Crippen LogP contribution in [0.5, 0.6) is 0 Å². The summed E-state index contributed by atoms with van der Waals surface area (Å²) in [7, 11) is 0. The summed E-state index contributed by atoms with van der Waals surface area (Å²) in [5, 5.41) is 0. The van der Waals surface area contributed by atoms with Crippen LogP contribution < -0.4 is 5.73 Å². The van der Waals surface area contributed by atoms with Gasteiger partial charge in [-0.1, -0.05) is 60.7 Å². The average molecular weight is 275 g/mol. The quantitative estimate of drug-likeness (QED) is 0.799. The molecule has 3 aromatic rings. The molecule has 0 bridgehead atoms. The van der Waals surface area contributed by atoms with E-state index in [0.29, 0.717) is 11.4 Å². The summed E-state index contributed by atoms with van der Waals surface area (Å²) < 4.78 is 0. The van der Waals surface area contributed by atoms with Crippen molar-refractivity contribution in [2.45, 2.75) is 0 Å². The van der Waals surface area contributed by atoms with Crippen LogP contribution >= 0.6 is 0 Å². The molecule has 0 unspecified atom stereocenters. The second-order valence-electron chi connectivity index (χ2n) is 4.56. The Bertz CT molecular complexity index is 713. The summed E-state index contributed by atoms with van der Waals surface area (Å²) in [6, 6.07) is 21.1. The number of hydrogen-bond acceptors (Lipinski definition) is 3. The Labute approximate surface area is 122 Å². The number of aromatic nitrogens is 2. The number of benzene rings is 2. The van der Waals surface area contributed by atoms with E-state index in [-0.39, 0.29) is 5.82 Å². The predicted molar refractivity (Wildman–Crippen MR) is 81.4 cm³/mol. The smallest absolute Gasteiger partial charge is 0.286 e. The second kappa shape index (κ2) is 5.54. The maximum Gasteiger partial charge on any atom is 0.286 e. The fraction of sp³-hybridized carbons (Fsp3) is 0. The fourth-order valence-corrected chi connectivity index (χ4v) is 2.07. The molecule has 0 atom stereocenters. The SMILES string of the molecule is NC(=O)c1nc(-c2ccccc2)cc(-c2ccccc2)n1. The van der Waals surface area contributed by atoms with Crippen LogP contribution in [-0.2, 0) is 0 Å². The van der Waals surface area contributed by atoms with E-state index in [9.17, 15) is 4.79 Å². The predicted octanol–water partition coefficient (Wildman–Crippen LogP) is 2.91. The van der Waals surface area contributed by atoms with Crippen molar-refractivity contribution in [3.63, 3.8) is 0 Å². The highest BCUT2D eigenvalue weighted by Crippen LogP contribution is 2.23. The Morgan fingerprint density at radius 1 is 0.762 bits per heavy atom. The highest BCUT2D eigenvalue weighted by atomic mass is 16.1. The van der Waals surface area contributed by atoms with Gasteiger partial charge in [-0.2, -0.15) is 0 Å². The summed E-state index contributed by atoms with van der Waals surface area (Å²) in [5.74, 6) is -0.611. The zero-order valence-electron chi connectivity index (χ0n) is 11.2. The lowest BCUT2D eigenvalue weighted by Gasteiger charge is -2.07. The number of nitrogens with zero attached hydrogens (tertiary/aromatic N) is 2. The minimum absolute atomic E-state index is 0.0233. The first-order chi connectivity index (χ1) is 10.2. The van der Waals surface area contributed by atoms with Crippen LogP contribution in [-0.4, -0.2) is 15.9 Å². The van der Waals surface area contributed by atoms with Gasteiger partial charge in [-0.15, -0.1) is 0 Å². The highest BCUT2D eigenvalue weighted by molar-refractivity contribution is 5.90. The van der Waals surface area contributed by atoms with Crippen molar-refractivity contribution < 1.29 is 4.79 Å². The van der Waals surface area contributed by atoms with Crippen LogP contribution in [0, 0.1) is 0 Å². The molecule has 0 saturated carbocycles. The molecule has 0 aliphatic carbocycles. The van der Waals surface area contributed by atoms with Crippen LogP contribution in [0.15, 0.2) is 66.7 Å². The van der Waals surface area contributed by atoms with E-state index < -0.39 is 5.91 Å². The molecule has 4 nitrogen and oxygen atoms in total. The summed E-state index contributed by atoms with van der Waals surface area (Å²) in [4.78, 5) is 20.0. The van der Waals surface area contributed by atoms with E-state index in [1.54, 1.807) is 0 Å². The molecule has 3 rings (SSSR count). The lowest BCUT2D eigenvalue weighted by Crippen LogP contribution is -2.16. The van der Waals surface area contributed by atoms with Gasteiger partial charge in [-0.25, -0.2) is 9.97 Å². The van der Waals surface area contributed by atoms with Crippen molar-refractivity contribution >= 4 is 5.91 Å². The Morgan fingerprint density at radius 2 is 1.19 bits per heavy atom. The van der Waals surface area contributed by atoms with Gasteiger partial charge in [0.2, 0.25) is 5.82 Å². The van der Waals surface area contributed by atoms with E-state index in [1.807, 2.05) is 66.7 Å². The summed E-state index contributed by atoms with van der Waals surface area (Å²) in [5.41, 5.74) is 8.53. The molecule has 0 aliphatic rings. The van der Waals surface area contributed by atoms with Crippen molar-refractivity contribution in [3.05, 3.63) is 72.6 Å². The zero-order chi connectivity index (χ0) is 14.7. The molecule has 1 aromatic heterocycles. The molecular weight excluding hydrogens is 262 g/mol. The Balaban J connectivity index is 2.18. The molecule has 0 fully saturated rings. The topological polar surface area (TPSA) is 68.9 Å². The van der Waals surface area contributed by atoms with Gasteiger partial charge in [0.15, 0.2) is 0 Å². The van der Waals surface area contributed by atoms with Gasteiger partial charge in [0.05, 0.1) is 11.4 Å². The van der Waals surface area contributed by atoms with Crippen LogP contribution in [0.1, 0.15) is 10.6 Å². The average Bonchev–Trinajstić information content (AvgIpc) is 2.56. The van der Waals surface area contributed by atoms with Crippen LogP contribution in [0.25, 0.3) is 22.5 Å². The van der Waals surface area contributed by atoms with Crippen molar-refractivity contribution in [2.75, 3.05) is 0 Å². The molecule has 2 aromatic carbocycles. The Morgan fingerprint density at radius 3 is 1.57 bits per heavy atom. The molecule has 102 valence electrons. The first-order valence-electron chi connectivity index (χ1n) is 6.54. The van der Waals surface area contributed by atoms with Crippen molar-refractivity contribution in [1.82, 2.24) is 9.97 Å². The normalized spacial score (nSPS) is 10.3. The lowest BCUT2D eigenvalue weighted by molar-refractivity contribution is 0.0990. The number of nitrogens with two attached hydrogens (primary N) is 1.